The summed E-state index contributed by atoms with van der Waals surface area (Å²) in [6.07, 6.45) is 6.93. The minimum atomic E-state index is 0.00323. The third-order valence-electron chi connectivity index (χ3n) is 4.55. The molecule has 0 aliphatic heterocycles. The van der Waals surface area contributed by atoms with Gasteiger partial charge in [0.1, 0.15) is 5.03 Å². The number of nitrogens with one attached hydrogen (secondary N) is 1. The van der Waals surface area contributed by atoms with Gasteiger partial charge in [0.15, 0.2) is 17.2 Å². The van der Waals surface area contributed by atoms with Crippen molar-refractivity contribution in [2.75, 3.05) is 6.26 Å². The van der Waals surface area contributed by atoms with Crippen LogP contribution >= 0.6 is 11.8 Å². The summed E-state index contributed by atoms with van der Waals surface area (Å²) in [6.45, 7) is 6.13. The lowest BCUT2D eigenvalue weighted by molar-refractivity contribution is 0.0942. The highest BCUT2D eigenvalue weighted by Crippen LogP contribution is 2.31. The molecule has 3 aromatic heterocycles. The number of fused-ring (bicyclic) bond motifs is 1. The maximum absolute atomic E-state index is 12.6. The smallest absolute Gasteiger partial charge is 0.206 e. The lowest BCUT2D eigenvalue weighted by atomic mass is 10.0. The summed E-state index contributed by atoms with van der Waals surface area (Å²) >= 11 is 1.54. The Kier molecular flexibility index (Phi) is 6.26. The van der Waals surface area contributed by atoms with Gasteiger partial charge in [-0.25, -0.2) is 9.97 Å². The highest BCUT2D eigenvalue weighted by molar-refractivity contribution is 7.98. The molecular weight excluding hydrogens is 362 g/mol. The average Bonchev–Trinajstić information content (AvgIpc) is 3.27. The van der Waals surface area contributed by atoms with Crippen molar-refractivity contribution in [3.63, 3.8) is 0 Å². The van der Waals surface area contributed by atoms with Gasteiger partial charge in [0.25, 0.3) is 0 Å². The molecular formula is C19H25N5O2S. The first kappa shape index (κ1) is 19.5. The standard InChI is InChI=1S/C19H25N5O2S/c1-5-7-9-12-15(24-26-16(12)13(25)10-8-6-2)18-20-17-14(11(3)22-23-17)19(21-18)27-4/h5-10H2,1-4H3,(H,20,21,22,23). The largest absolute Gasteiger partial charge is 0.352 e. The van der Waals surface area contributed by atoms with Gasteiger partial charge in [0.05, 0.1) is 5.39 Å². The highest BCUT2D eigenvalue weighted by atomic mass is 32.2. The first-order valence-electron chi connectivity index (χ1n) is 9.39. The Morgan fingerprint density at radius 2 is 1.96 bits per heavy atom. The monoisotopic (exact) mass is 387 g/mol. The predicted octanol–water partition coefficient (Wildman–Crippen LogP) is 4.75. The number of hydrogen-bond acceptors (Lipinski definition) is 7. The average molecular weight is 388 g/mol. The highest BCUT2D eigenvalue weighted by Gasteiger charge is 2.25. The molecule has 0 fully saturated rings. The number of carbonyl (C=O) groups is 1. The van der Waals surface area contributed by atoms with Gasteiger partial charge < -0.3 is 4.52 Å². The third kappa shape index (κ3) is 3.90. The van der Waals surface area contributed by atoms with Crippen LogP contribution in [0.1, 0.15) is 67.8 Å². The van der Waals surface area contributed by atoms with Gasteiger partial charge in [-0.3, -0.25) is 9.89 Å². The van der Waals surface area contributed by atoms with Crippen LogP contribution in [0.2, 0.25) is 0 Å². The molecule has 1 N–H and O–H groups in total. The van der Waals surface area contributed by atoms with Crippen molar-refractivity contribution >= 4 is 28.6 Å². The maximum Gasteiger partial charge on any atom is 0.206 e. The van der Waals surface area contributed by atoms with Crippen LogP contribution in [-0.4, -0.2) is 37.4 Å². The maximum atomic E-state index is 12.6. The van der Waals surface area contributed by atoms with Crippen LogP contribution in [0.5, 0.6) is 0 Å². The fraction of sp³-hybridized carbons (Fsp3) is 0.526. The Morgan fingerprint density at radius 1 is 1.19 bits per heavy atom. The van der Waals surface area contributed by atoms with Gasteiger partial charge in [-0.05, 0) is 32.4 Å². The second-order valence-corrected chi connectivity index (χ2v) is 7.37. The van der Waals surface area contributed by atoms with Crippen LogP contribution in [0.15, 0.2) is 9.55 Å². The van der Waals surface area contributed by atoms with E-state index in [9.17, 15) is 4.79 Å². The summed E-state index contributed by atoms with van der Waals surface area (Å²) in [4.78, 5) is 21.8. The van der Waals surface area contributed by atoms with Crippen molar-refractivity contribution in [1.29, 1.82) is 0 Å². The van der Waals surface area contributed by atoms with Crippen molar-refractivity contribution in [3.05, 3.63) is 17.0 Å². The molecule has 0 unspecified atom stereocenters. The van der Waals surface area contributed by atoms with Crippen molar-refractivity contribution in [3.8, 4) is 11.5 Å². The van der Waals surface area contributed by atoms with Gasteiger partial charge >= 0.3 is 0 Å². The Bertz CT molecular complexity index is 947. The van der Waals surface area contributed by atoms with E-state index in [0.717, 1.165) is 53.8 Å². The molecule has 0 saturated heterocycles. The van der Waals surface area contributed by atoms with Crippen molar-refractivity contribution < 1.29 is 9.32 Å². The molecule has 0 aliphatic rings. The quantitative estimate of drug-likeness (QED) is 0.321. The van der Waals surface area contributed by atoms with Gasteiger partial charge in [0.2, 0.25) is 11.5 Å². The molecule has 144 valence electrons. The first-order valence-corrected chi connectivity index (χ1v) is 10.6. The van der Waals surface area contributed by atoms with E-state index in [0.29, 0.717) is 29.3 Å². The van der Waals surface area contributed by atoms with E-state index in [-0.39, 0.29) is 5.78 Å². The topological polar surface area (TPSA) is 97.6 Å². The summed E-state index contributed by atoms with van der Waals surface area (Å²) in [7, 11) is 0. The Morgan fingerprint density at radius 3 is 2.67 bits per heavy atom. The zero-order chi connectivity index (χ0) is 19.4. The van der Waals surface area contributed by atoms with Crippen LogP contribution in [0.3, 0.4) is 0 Å². The van der Waals surface area contributed by atoms with Crippen molar-refractivity contribution in [1.82, 2.24) is 25.3 Å². The molecule has 3 rings (SSSR count). The molecule has 0 aromatic carbocycles. The van der Waals surface area contributed by atoms with E-state index in [4.69, 9.17) is 4.52 Å². The summed E-state index contributed by atoms with van der Waals surface area (Å²) < 4.78 is 5.48. The van der Waals surface area contributed by atoms with E-state index in [1.165, 1.54) is 11.8 Å². The predicted molar refractivity (Wildman–Crippen MR) is 106 cm³/mol. The lowest BCUT2D eigenvalue weighted by Gasteiger charge is -2.05. The van der Waals surface area contributed by atoms with Crippen molar-refractivity contribution in [2.45, 2.75) is 64.3 Å². The van der Waals surface area contributed by atoms with E-state index in [1.54, 1.807) is 0 Å². The fourth-order valence-electron chi connectivity index (χ4n) is 3.02. The number of H-pyrrole nitrogens is 1. The first-order chi connectivity index (χ1) is 13.1. The molecule has 3 aromatic rings. The molecule has 0 spiro atoms. The van der Waals surface area contributed by atoms with Gasteiger partial charge in [-0.15, -0.1) is 11.8 Å². The molecule has 3 heterocycles. The molecule has 0 atom stereocenters. The number of aromatic amines is 1. The molecule has 8 heteroatoms. The van der Waals surface area contributed by atoms with Crippen LogP contribution in [0, 0.1) is 6.92 Å². The summed E-state index contributed by atoms with van der Waals surface area (Å²) in [6, 6.07) is 0. The van der Waals surface area contributed by atoms with Crippen LogP contribution in [0.4, 0.5) is 0 Å². The number of thioether (sulfide) groups is 1. The normalized spacial score (nSPS) is 11.4. The van der Waals surface area contributed by atoms with E-state index >= 15 is 0 Å². The summed E-state index contributed by atoms with van der Waals surface area (Å²) in [5.74, 6) is 0.825. The number of unbranched alkanes of at least 4 members (excludes halogenated alkanes) is 2. The number of hydrogen-bond donors (Lipinski definition) is 1. The Labute approximate surface area is 162 Å². The second-order valence-electron chi connectivity index (χ2n) is 6.57. The molecule has 0 radical (unpaired) electrons. The number of aromatic nitrogens is 5. The zero-order valence-corrected chi connectivity index (χ0v) is 17.1. The van der Waals surface area contributed by atoms with Gasteiger partial charge in [-0.2, -0.15) is 5.10 Å². The van der Waals surface area contributed by atoms with Gasteiger partial charge in [0, 0.05) is 17.7 Å². The molecule has 0 amide bonds. The fourth-order valence-corrected chi connectivity index (χ4v) is 3.65. The Hall–Kier alpha value is -2.22. The van der Waals surface area contributed by atoms with E-state index in [2.05, 4.69) is 39.2 Å². The number of nitrogens with zero attached hydrogens (tertiary/aromatic N) is 4. The number of carbonyl (C=O) groups excluding carboxylic acids is 1. The van der Waals surface area contributed by atoms with E-state index < -0.39 is 0 Å². The van der Waals surface area contributed by atoms with Gasteiger partial charge in [-0.1, -0.05) is 31.8 Å². The molecule has 0 aliphatic carbocycles. The van der Waals surface area contributed by atoms with Crippen LogP contribution < -0.4 is 0 Å². The van der Waals surface area contributed by atoms with E-state index in [1.807, 2.05) is 13.2 Å². The lowest BCUT2D eigenvalue weighted by Crippen LogP contribution is -2.03. The molecule has 0 bridgehead atoms. The second kappa shape index (κ2) is 8.65. The molecule has 0 saturated carbocycles. The minimum absolute atomic E-state index is 0.00323. The third-order valence-corrected chi connectivity index (χ3v) is 5.23. The SMILES string of the molecule is CCCCC(=O)c1onc(-c2nc(SC)c3c(C)[nH]nc3n2)c1CCCC. The molecule has 7 nitrogen and oxygen atoms in total. The van der Waals surface area contributed by atoms with Crippen molar-refractivity contribution in [2.24, 2.45) is 0 Å². The number of aryl methyl sites for hydroxylation is 1. The minimum Gasteiger partial charge on any atom is -0.352 e. The summed E-state index contributed by atoms with van der Waals surface area (Å²) in [5.41, 5.74) is 2.91. The zero-order valence-electron chi connectivity index (χ0n) is 16.3. The number of ketones is 1. The molecule has 27 heavy (non-hydrogen) atoms. The number of rotatable bonds is 9. The van der Waals surface area contributed by atoms with Crippen LogP contribution in [0.25, 0.3) is 22.6 Å². The Balaban J connectivity index is 2.09. The van der Waals surface area contributed by atoms with Crippen LogP contribution in [-0.2, 0) is 6.42 Å². The summed E-state index contributed by atoms with van der Waals surface area (Å²) in [5, 5.41) is 13.2. The number of Topliss-reactive ketones (excluding diaryl/α,β-unsaturated/α-hetero) is 1.